The summed E-state index contributed by atoms with van der Waals surface area (Å²) in [4.78, 5) is 1.57. The molecule has 0 unspecified atom stereocenters. The van der Waals surface area contributed by atoms with Gasteiger partial charge in [0, 0.05) is 0 Å². The SMILES string of the molecule is CC(C)c1cc(C(C)(C)CC(C)(C)C)cc(-n2nc3ccccc3n2)c1O. The van der Waals surface area contributed by atoms with Gasteiger partial charge in [-0.05, 0) is 52.5 Å². The largest absolute Gasteiger partial charge is 0.505 e. The summed E-state index contributed by atoms with van der Waals surface area (Å²) in [5.41, 5.74) is 4.61. The molecule has 0 aliphatic heterocycles. The van der Waals surface area contributed by atoms with E-state index in [-0.39, 0.29) is 22.5 Å². The third-order valence-electron chi connectivity index (χ3n) is 5.00. The Balaban J connectivity index is 2.20. The fourth-order valence-corrected chi connectivity index (χ4v) is 4.02. The zero-order valence-corrected chi connectivity index (χ0v) is 17.5. The van der Waals surface area contributed by atoms with Crippen molar-refractivity contribution < 1.29 is 5.11 Å². The van der Waals surface area contributed by atoms with E-state index in [0.717, 1.165) is 23.0 Å². The number of fused-ring (bicyclic) bond motifs is 1. The second-order valence-corrected chi connectivity index (χ2v) is 9.69. The molecule has 4 heteroatoms. The summed E-state index contributed by atoms with van der Waals surface area (Å²) < 4.78 is 0. The molecule has 0 fully saturated rings. The van der Waals surface area contributed by atoms with Gasteiger partial charge in [0.1, 0.15) is 22.5 Å². The molecule has 4 nitrogen and oxygen atoms in total. The van der Waals surface area contributed by atoms with Crippen molar-refractivity contribution in [1.82, 2.24) is 15.0 Å². The van der Waals surface area contributed by atoms with E-state index < -0.39 is 0 Å². The van der Waals surface area contributed by atoms with E-state index in [9.17, 15) is 5.11 Å². The highest BCUT2D eigenvalue weighted by atomic mass is 16.3. The van der Waals surface area contributed by atoms with Crippen molar-refractivity contribution in [3.8, 4) is 11.4 Å². The maximum Gasteiger partial charge on any atom is 0.146 e. The standard InChI is InChI=1S/C23H31N3O/c1-15(2)17-12-16(23(6,7)14-22(3,4)5)13-20(21(17)27)26-24-18-10-8-9-11-19(18)25-26/h8-13,15,27H,14H2,1-7H3. The van der Waals surface area contributed by atoms with Gasteiger partial charge < -0.3 is 5.11 Å². The second kappa shape index (κ2) is 6.66. The molecule has 1 N–H and O–H groups in total. The summed E-state index contributed by atoms with van der Waals surface area (Å²) in [5, 5.41) is 20.1. The molecular formula is C23H31N3O. The van der Waals surface area contributed by atoms with Gasteiger partial charge in [-0.2, -0.15) is 0 Å². The normalized spacial score (nSPS) is 12.9. The van der Waals surface area contributed by atoms with Crippen LogP contribution in [0.1, 0.15) is 71.9 Å². The van der Waals surface area contributed by atoms with E-state index in [1.165, 1.54) is 5.56 Å². The number of rotatable bonds is 4. The number of hydrogen-bond donors (Lipinski definition) is 1. The molecule has 0 saturated carbocycles. The Labute approximate surface area is 162 Å². The van der Waals surface area contributed by atoms with E-state index in [4.69, 9.17) is 0 Å². The quantitative estimate of drug-likeness (QED) is 0.620. The Hall–Kier alpha value is -2.36. The fraction of sp³-hybridized carbons (Fsp3) is 0.478. The van der Waals surface area contributed by atoms with Crippen LogP contribution in [0.4, 0.5) is 0 Å². The Kier molecular flexibility index (Phi) is 4.79. The third kappa shape index (κ3) is 4.00. The lowest BCUT2D eigenvalue weighted by Gasteiger charge is -2.34. The molecule has 3 aromatic rings. The number of phenolic OH excluding ortho intramolecular Hbond substituents is 1. The molecule has 27 heavy (non-hydrogen) atoms. The first kappa shape index (κ1) is 19.4. The van der Waals surface area contributed by atoms with E-state index >= 15 is 0 Å². The number of aromatic hydroxyl groups is 1. The maximum absolute atomic E-state index is 11.0. The van der Waals surface area contributed by atoms with Gasteiger partial charge in [-0.3, -0.25) is 0 Å². The van der Waals surface area contributed by atoms with Crippen LogP contribution in [-0.4, -0.2) is 20.1 Å². The first-order valence-corrected chi connectivity index (χ1v) is 9.68. The number of aromatic nitrogens is 3. The van der Waals surface area contributed by atoms with Crippen molar-refractivity contribution in [2.45, 2.75) is 66.2 Å². The number of nitrogens with zero attached hydrogens (tertiary/aromatic N) is 3. The average molecular weight is 366 g/mol. The van der Waals surface area contributed by atoms with E-state index in [0.29, 0.717) is 5.69 Å². The lowest BCUT2D eigenvalue weighted by atomic mass is 9.71. The Morgan fingerprint density at radius 3 is 2.00 bits per heavy atom. The van der Waals surface area contributed by atoms with Crippen molar-refractivity contribution in [3.05, 3.63) is 47.5 Å². The molecule has 0 aliphatic carbocycles. The highest BCUT2D eigenvalue weighted by Crippen LogP contribution is 2.41. The van der Waals surface area contributed by atoms with Gasteiger partial charge in [0.05, 0.1) is 0 Å². The second-order valence-electron chi connectivity index (χ2n) is 9.69. The van der Waals surface area contributed by atoms with E-state index in [1.807, 2.05) is 30.3 Å². The third-order valence-corrected chi connectivity index (χ3v) is 5.00. The molecule has 0 radical (unpaired) electrons. The molecule has 0 atom stereocenters. The Bertz CT molecular complexity index is 928. The van der Waals surface area contributed by atoms with Crippen LogP contribution in [0.2, 0.25) is 0 Å². The summed E-state index contributed by atoms with van der Waals surface area (Å²) in [5.74, 6) is 0.472. The summed E-state index contributed by atoms with van der Waals surface area (Å²) in [6, 6.07) is 12.0. The average Bonchev–Trinajstić information content (AvgIpc) is 2.96. The van der Waals surface area contributed by atoms with Gasteiger partial charge in [0.15, 0.2) is 0 Å². The zero-order valence-electron chi connectivity index (χ0n) is 17.5. The topological polar surface area (TPSA) is 50.9 Å². The Morgan fingerprint density at radius 2 is 1.52 bits per heavy atom. The summed E-state index contributed by atoms with van der Waals surface area (Å²) in [7, 11) is 0. The van der Waals surface area contributed by atoms with Crippen molar-refractivity contribution >= 4 is 11.0 Å². The molecule has 3 rings (SSSR count). The van der Waals surface area contributed by atoms with Crippen LogP contribution in [0.3, 0.4) is 0 Å². The van der Waals surface area contributed by atoms with Crippen LogP contribution >= 0.6 is 0 Å². The van der Waals surface area contributed by atoms with Crippen LogP contribution in [0.25, 0.3) is 16.7 Å². The van der Waals surface area contributed by atoms with Gasteiger partial charge in [0.25, 0.3) is 0 Å². The van der Waals surface area contributed by atoms with Gasteiger partial charge >= 0.3 is 0 Å². The van der Waals surface area contributed by atoms with Crippen LogP contribution in [0.15, 0.2) is 36.4 Å². The minimum Gasteiger partial charge on any atom is -0.505 e. The highest BCUT2D eigenvalue weighted by Gasteiger charge is 2.29. The van der Waals surface area contributed by atoms with Gasteiger partial charge in [-0.25, -0.2) is 0 Å². The molecule has 0 bridgehead atoms. The summed E-state index contributed by atoms with van der Waals surface area (Å²) in [6.45, 7) is 15.5. The minimum atomic E-state index is -0.0308. The van der Waals surface area contributed by atoms with Crippen molar-refractivity contribution in [2.75, 3.05) is 0 Å². The summed E-state index contributed by atoms with van der Waals surface area (Å²) in [6.07, 6.45) is 1.04. The van der Waals surface area contributed by atoms with Crippen LogP contribution in [-0.2, 0) is 5.41 Å². The smallest absolute Gasteiger partial charge is 0.146 e. The molecular weight excluding hydrogens is 334 g/mol. The first-order valence-electron chi connectivity index (χ1n) is 9.68. The molecule has 144 valence electrons. The molecule has 2 aromatic carbocycles. The van der Waals surface area contributed by atoms with Crippen molar-refractivity contribution in [2.24, 2.45) is 5.41 Å². The first-order chi connectivity index (χ1) is 12.5. The monoisotopic (exact) mass is 365 g/mol. The van der Waals surface area contributed by atoms with Crippen molar-refractivity contribution in [1.29, 1.82) is 0 Å². The number of phenols is 1. The molecule has 0 spiro atoms. The predicted molar refractivity (Wildman–Crippen MR) is 112 cm³/mol. The lowest BCUT2D eigenvalue weighted by Crippen LogP contribution is -2.25. The minimum absolute atomic E-state index is 0.0308. The van der Waals surface area contributed by atoms with Crippen LogP contribution in [0.5, 0.6) is 5.75 Å². The van der Waals surface area contributed by atoms with Crippen LogP contribution in [0, 0.1) is 5.41 Å². The molecule has 1 aromatic heterocycles. The van der Waals surface area contributed by atoms with Gasteiger partial charge in [0.2, 0.25) is 0 Å². The summed E-state index contributed by atoms with van der Waals surface area (Å²) >= 11 is 0. The molecule has 0 aliphatic rings. The molecule has 1 heterocycles. The lowest BCUT2D eigenvalue weighted by molar-refractivity contribution is 0.283. The molecule has 0 amide bonds. The Morgan fingerprint density at radius 1 is 0.963 bits per heavy atom. The maximum atomic E-state index is 11.0. The number of benzene rings is 2. The van der Waals surface area contributed by atoms with E-state index in [1.54, 1.807) is 4.80 Å². The van der Waals surface area contributed by atoms with E-state index in [2.05, 4.69) is 64.7 Å². The fourth-order valence-electron chi connectivity index (χ4n) is 4.02. The number of hydrogen-bond acceptors (Lipinski definition) is 3. The van der Waals surface area contributed by atoms with Gasteiger partial charge in [-0.1, -0.05) is 66.7 Å². The van der Waals surface area contributed by atoms with Crippen LogP contribution < -0.4 is 0 Å². The molecule has 0 saturated heterocycles. The van der Waals surface area contributed by atoms with Crippen molar-refractivity contribution in [3.63, 3.8) is 0 Å². The van der Waals surface area contributed by atoms with Gasteiger partial charge in [-0.15, -0.1) is 15.0 Å². The zero-order chi connectivity index (χ0) is 20.0. The highest BCUT2D eigenvalue weighted by molar-refractivity contribution is 5.73. The predicted octanol–water partition coefficient (Wildman–Crippen LogP) is 5.96.